The number of aliphatic hydroxyl groups excluding tert-OH is 1. The van der Waals surface area contributed by atoms with Crippen LogP contribution in [0.5, 0.6) is 0 Å². The molecule has 3 unspecified atom stereocenters. The summed E-state index contributed by atoms with van der Waals surface area (Å²) >= 11 is 0. The summed E-state index contributed by atoms with van der Waals surface area (Å²) in [6, 6.07) is -0.760. The van der Waals surface area contributed by atoms with Crippen LogP contribution >= 0.6 is 7.82 Å². The quantitative estimate of drug-likeness (QED) is 0.0243. The van der Waals surface area contributed by atoms with Crippen molar-refractivity contribution in [1.82, 2.24) is 5.32 Å². The summed E-state index contributed by atoms with van der Waals surface area (Å²) in [5.74, 6) is -0.145. The van der Waals surface area contributed by atoms with E-state index in [0.29, 0.717) is 23.9 Å². The van der Waals surface area contributed by atoms with E-state index in [9.17, 15) is 19.4 Å². The van der Waals surface area contributed by atoms with E-state index in [1.165, 1.54) is 205 Å². The average molecular weight is 900 g/mol. The number of carbonyl (C=O) groups excluding carboxylic acids is 1. The van der Waals surface area contributed by atoms with Gasteiger partial charge in [0.05, 0.1) is 39.9 Å². The number of carbonyl (C=O) groups is 1. The molecular weight excluding hydrogens is 792 g/mol. The van der Waals surface area contributed by atoms with Crippen LogP contribution in [-0.4, -0.2) is 73.4 Å². The summed E-state index contributed by atoms with van der Waals surface area (Å²) in [5, 5.41) is 14.0. The van der Waals surface area contributed by atoms with Crippen molar-refractivity contribution >= 4 is 13.7 Å². The van der Waals surface area contributed by atoms with Gasteiger partial charge in [-0.15, -0.1) is 0 Å². The number of hydrogen-bond donors (Lipinski definition) is 3. The Bertz CT molecular complexity index is 1020. The first-order valence-corrected chi connectivity index (χ1v) is 28.5. The van der Waals surface area contributed by atoms with Gasteiger partial charge in [-0.2, -0.15) is 0 Å². The number of phosphoric ester groups is 1. The first kappa shape index (κ1) is 61.2. The van der Waals surface area contributed by atoms with Crippen molar-refractivity contribution in [2.24, 2.45) is 0 Å². The van der Waals surface area contributed by atoms with Gasteiger partial charge in [-0.3, -0.25) is 13.8 Å². The molecule has 9 heteroatoms. The molecule has 1 amide bonds. The standard InChI is InChI=1S/C53H107N2O6P/c1-6-8-10-12-14-16-18-20-22-24-25-26-27-28-29-31-32-34-36-38-40-42-44-46-52(56)51(50-61-62(58,59)60-49-48-55(3,4)5)54-53(57)47-45-43-41-39-37-35-33-30-23-21-19-17-15-13-11-9-7-2/h21,23,51-52,56H,6-20,22,24-50H2,1-5H3,(H-,54,57,58,59)/p+1/b23-21-. The molecule has 62 heavy (non-hydrogen) atoms. The molecule has 0 saturated carbocycles. The summed E-state index contributed by atoms with van der Waals surface area (Å²) in [6.07, 6.45) is 53.9. The van der Waals surface area contributed by atoms with Crippen molar-refractivity contribution in [2.45, 2.75) is 283 Å². The monoisotopic (exact) mass is 900 g/mol. The Kier molecular flexibility index (Phi) is 44.8. The normalized spacial score (nSPS) is 14.1. The fourth-order valence-corrected chi connectivity index (χ4v) is 8.96. The highest BCUT2D eigenvalue weighted by Gasteiger charge is 2.28. The number of quaternary nitrogens is 1. The van der Waals surface area contributed by atoms with Crippen LogP contribution < -0.4 is 5.32 Å². The van der Waals surface area contributed by atoms with Crippen molar-refractivity contribution in [3.05, 3.63) is 12.2 Å². The number of hydrogen-bond acceptors (Lipinski definition) is 5. The molecule has 0 aromatic heterocycles. The maximum absolute atomic E-state index is 13.0. The number of unbranched alkanes of at least 4 members (excludes halogenated alkanes) is 35. The van der Waals surface area contributed by atoms with E-state index in [1.807, 2.05) is 21.1 Å². The SMILES string of the molecule is CCCCCCCC/C=C\CCCCCCCCCC(=O)NC(COP(=O)(O)OCC[N+](C)(C)C)C(O)CCCCCCCCCCCCCCCCCCCCCCCCC. The number of phosphoric acid groups is 1. The molecule has 0 heterocycles. The van der Waals surface area contributed by atoms with Gasteiger partial charge in [-0.1, -0.05) is 238 Å². The Morgan fingerprint density at radius 2 is 0.871 bits per heavy atom. The number of rotatable bonds is 50. The van der Waals surface area contributed by atoms with Crippen LogP contribution in [0.15, 0.2) is 12.2 Å². The van der Waals surface area contributed by atoms with Gasteiger partial charge in [-0.05, 0) is 38.5 Å². The predicted octanol–water partition coefficient (Wildman–Crippen LogP) is 15.9. The lowest BCUT2D eigenvalue weighted by Gasteiger charge is -2.26. The van der Waals surface area contributed by atoms with E-state index in [0.717, 1.165) is 38.5 Å². The van der Waals surface area contributed by atoms with Crippen LogP contribution in [0.25, 0.3) is 0 Å². The maximum atomic E-state index is 13.0. The summed E-state index contributed by atoms with van der Waals surface area (Å²) in [7, 11) is 1.62. The molecule has 370 valence electrons. The molecule has 0 fully saturated rings. The van der Waals surface area contributed by atoms with Crippen LogP contribution in [0.1, 0.15) is 271 Å². The highest BCUT2D eigenvalue weighted by atomic mass is 31.2. The minimum atomic E-state index is -4.32. The summed E-state index contributed by atoms with van der Waals surface area (Å²) in [6.45, 7) is 4.92. The zero-order valence-corrected chi connectivity index (χ0v) is 43.0. The highest BCUT2D eigenvalue weighted by Crippen LogP contribution is 2.43. The van der Waals surface area contributed by atoms with Crippen LogP contribution in [0.2, 0.25) is 0 Å². The third-order valence-corrected chi connectivity index (χ3v) is 13.5. The number of allylic oxidation sites excluding steroid dienone is 2. The van der Waals surface area contributed by atoms with Crippen LogP contribution in [0, 0.1) is 0 Å². The minimum absolute atomic E-state index is 0.0761. The lowest BCUT2D eigenvalue weighted by atomic mass is 10.0. The second-order valence-corrected chi connectivity index (χ2v) is 21.4. The smallest absolute Gasteiger partial charge is 0.391 e. The first-order chi connectivity index (χ1) is 30.0. The molecule has 3 N–H and O–H groups in total. The molecule has 0 rings (SSSR count). The number of nitrogens with one attached hydrogen (secondary N) is 1. The maximum Gasteiger partial charge on any atom is 0.472 e. The van der Waals surface area contributed by atoms with E-state index in [2.05, 4.69) is 31.3 Å². The zero-order chi connectivity index (χ0) is 45.7. The number of likely N-dealkylation sites (N-methyl/N-ethyl adjacent to an activating group) is 1. The Morgan fingerprint density at radius 3 is 1.24 bits per heavy atom. The molecule has 0 bridgehead atoms. The lowest BCUT2D eigenvalue weighted by Crippen LogP contribution is -2.46. The lowest BCUT2D eigenvalue weighted by molar-refractivity contribution is -0.870. The van der Waals surface area contributed by atoms with Crippen molar-refractivity contribution in [3.8, 4) is 0 Å². The van der Waals surface area contributed by atoms with Crippen molar-refractivity contribution in [1.29, 1.82) is 0 Å². The van der Waals surface area contributed by atoms with Crippen LogP contribution in [-0.2, 0) is 18.4 Å². The summed E-state index contributed by atoms with van der Waals surface area (Å²) < 4.78 is 23.7. The molecule has 8 nitrogen and oxygen atoms in total. The molecule has 0 aliphatic heterocycles. The Labute approximate surface area is 386 Å². The van der Waals surface area contributed by atoms with Gasteiger partial charge in [0, 0.05) is 6.42 Å². The van der Waals surface area contributed by atoms with Gasteiger partial charge < -0.3 is 19.8 Å². The van der Waals surface area contributed by atoms with E-state index in [4.69, 9.17) is 9.05 Å². The van der Waals surface area contributed by atoms with Crippen LogP contribution in [0.4, 0.5) is 0 Å². The van der Waals surface area contributed by atoms with Gasteiger partial charge in [0.15, 0.2) is 0 Å². The first-order valence-electron chi connectivity index (χ1n) is 27.1. The molecule has 0 aliphatic carbocycles. The molecule has 0 aromatic carbocycles. The third kappa shape index (κ3) is 47.2. The molecule has 0 saturated heterocycles. The Hall–Kier alpha value is -0.760. The van der Waals surface area contributed by atoms with Crippen molar-refractivity contribution < 1.29 is 32.9 Å². The summed E-state index contributed by atoms with van der Waals surface area (Å²) in [4.78, 5) is 23.3. The Balaban J connectivity index is 4.19. The molecule has 0 aromatic rings. The molecule has 0 spiro atoms. The second-order valence-electron chi connectivity index (χ2n) is 20.0. The molecule has 0 aliphatic rings. The number of nitrogens with zero attached hydrogens (tertiary/aromatic N) is 1. The van der Waals surface area contributed by atoms with E-state index < -0.39 is 20.0 Å². The van der Waals surface area contributed by atoms with Gasteiger partial charge in [0.2, 0.25) is 5.91 Å². The van der Waals surface area contributed by atoms with Gasteiger partial charge >= 0.3 is 7.82 Å². The van der Waals surface area contributed by atoms with Crippen molar-refractivity contribution in [2.75, 3.05) is 40.9 Å². The van der Waals surface area contributed by atoms with Gasteiger partial charge in [0.25, 0.3) is 0 Å². The fraction of sp³-hybridized carbons (Fsp3) is 0.943. The van der Waals surface area contributed by atoms with Gasteiger partial charge in [0.1, 0.15) is 13.2 Å². The van der Waals surface area contributed by atoms with E-state index >= 15 is 0 Å². The predicted molar refractivity (Wildman–Crippen MR) is 268 cm³/mol. The molecule has 0 radical (unpaired) electrons. The third-order valence-electron chi connectivity index (χ3n) is 12.5. The number of aliphatic hydroxyl groups is 1. The zero-order valence-electron chi connectivity index (χ0n) is 42.1. The van der Waals surface area contributed by atoms with Crippen LogP contribution in [0.3, 0.4) is 0 Å². The molecular formula is C53H108N2O6P+. The topological polar surface area (TPSA) is 105 Å². The largest absolute Gasteiger partial charge is 0.472 e. The average Bonchev–Trinajstić information content (AvgIpc) is 3.23. The minimum Gasteiger partial charge on any atom is -0.391 e. The number of amides is 1. The molecule has 3 atom stereocenters. The van der Waals surface area contributed by atoms with E-state index in [1.54, 1.807) is 0 Å². The fourth-order valence-electron chi connectivity index (χ4n) is 8.22. The van der Waals surface area contributed by atoms with E-state index in [-0.39, 0.29) is 19.1 Å². The van der Waals surface area contributed by atoms with Crippen molar-refractivity contribution in [3.63, 3.8) is 0 Å². The highest BCUT2D eigenvalue weighted by molar-refractivity contribution is 7.47. The summed E-state index contributed by atoms with van der Waals surface area (Å²) in [5.41, 5.74) is 0. The van der Waals surface area contributed by atoms with Gasteiger partial charge in [-0.25, -0.2) is 4.57 Å². The Morgan fingerprint density at radius 1 is 0.532 bits per heavy atom. The second kappa shape index (κ2) is 45.4.